The predicted octanol–water partition coefficient (Wildman–Crippen LogP) is 5.21. The molecule has 0 saturated heterocycles. The Morgan fingerprint density at radius 2 is 1.36 bits per heavy atom. The van der Waals surface area contributed by atoms with Crippen molar-refractivity contribution < 1.29 is 31.5 Å². The quantitative estimate of drug-likeness (QED) is 0.242. The van der Waals surface area contributed by atoms with Gasteiger partial charge in [-0.15, -0.1) is 0 Å². The lowest BCUT2D eigenvalue weighted by Crippen LogP contribution is -2.20. The molecule has 7 heteroatoms. The molecule has 0 heterocycles. The molecule has 0 atom stereocenters. The zero-order chi connectivity index (χ0) is 19.1. The Balaban J connectivity index is 2.55. The average molecular weight is 358 g/mol. The first-order valence-corrected chi connectivity index (χ1v) is 7.30. The summed E-state index contributed by atoms with van der Waals surface area (Å²) in [7, 11) is 0. The Hall–Kier alpha value is -2.44. The minimum Gasteiger partial charge on any atom is -0.422 e. The molecular formula is C18H15F5O2. The fourth-order valence-electron chi connectivity index (χ4n) is 2.27. The number of benzene rings is 2. The molecule has 0 saturated carbocycles. The van der Waals surface area contributed by atoms with E-state index in [1.54, 1.807) is 19.1 Å². The van der Waals surface area contributed by atoms with Crippen LogP contribution in [0.2, 0.25) is 0 Å². The maximum Gasteiger partial charge on any atom is 0.349 e. The van der Waals surface area contributed by atoms with Gasteiger partial charge in [0.2, 0.25) is 5.82 Å². The SMILES string of the molecule is Cc1ccc(C(C)(C)C)c(OC(=O)c2c(F)c(F)c(F)c(F)c2F)c1. The van der Waals surface area contributed by atoms with E-state index in [0.29, 0.717) is 11.1 Å². The summed E-state index contributed by atoms with van der Waals surface area (Å²) in [5, 5.41) is 0. The van der Waals surface area contributed by atoms with Gasteiger partial charge in [0.15, 0.2) is 23.3 Å². The molecule has 0 radical (unpaired) electrons. The number of hydrogen-bond donors (Lipinski definition) is 0. The first kappa shape index (κ1) is 18.9. The predicted molar refractivity (Wildman–Crippen MR) is 81.1 cm³/mol. The Labute approximate surface area is 141 Å². The van der Waals surface area contributed by atoms with E-state index in [-0.39, 0.29) is 5.75 Å². The van der Waals surface area contributed by atoms with Gasteiger partial charge in [-0.1, -0.05) is 32.9 Å². The van der Waals surface area contributed by atoms with Crippen molar-refractivity contribution in [3.05, 3.63) is 64.0 Å². The molecule has 0 amide bonds. The summed E-state index contributed by atoms with van der Waals surface area (Å²) < 4.78 is 72.1. The van der Waals surface area contributed by atoms with Crippen LogP contribution in [-0.4, -0.2) is 5.97 Å². The van der Waals surface area contributed by atoms with Crippen molar-refractivity contribution in [1.29, 1.82) is 0 Å². The fourth-order valence-corrected chi connectivity index (χ4v) is 2.27. The number of esters is 1. The molecule has 0 spiro atoms. The summed E-state index contributed by atoms with van der Waals surface area (Å²) >= 11 is 0. The first-order chi connectivity index (χ1) is 11.4. The van der Waals surface area contributed by atoms with Crippen molar-refractivity contribution in [3.8, 4) is 5.75 Å². The topological polar surface area (TPSA) is 26.3 Å². The van der Waals surface area contributed by atoms with Crippen LogP contribution in [0.5, 0.6) is 5.75 Å². The van der Waals surface area contributed by atoms with Gasteiger partial charge in [-0.3, -0.25) is 0 Å². The van der Waals surface area contributed by atoms with E-state index >= 15 is 0 Å². The number of ether oxygens (including phenoxy) is 1. The Morgan fingerprint density at radius 1 is 0.880 bits per heavy atom. The highest BCUT2D eigenvalue weighted by molar-refractivity contribution is 5.92. The van der Waals surface area contributed by atoms with E-state index in [4.69, 9.17) is 4.74 Å². The Kier molecular flexibility index (Phi) is 4.88. The second kappa shape index (κ2) is 6.46. The monoisotopic (exact) mass is 358 g/mol. The van der Waals surface area contributed by atoms with Crippen LogP contribution in [0.4, 0.5) is 22.0 Å². The van der Waals surface area contributed by atoms with Gasteiger partial charge in [-0.05, 0) is 24.0 Å². The van der Waals surface area contributed by atoms with E-state index in [2.05, 4.69) is 0 Å². The third-order valence-corrected chi connectivity index (χ3v) is 3.56. The van der Waals surface area contributed by atoms with E-state index in [1.807, 2.05) is 20.8 Å². The molecule has 25 heavy (non-hydrogen) atoms. The largest absolute Gasteiger partial charge is 0.422 e. The van der Waals surface area contributed by atoms with Crippen molar-refractivity contribution in [2.75, 3.05) is 0 Å². The maximum atomic E-state index is 13.7. The third-order valence-electron chi connectivity index (χ3n) is 3.56. The zero-order valence-electron chi connectivity index (χ0n) is 13.9. The van der Waals surface area contributed by atoms with E-state index in [0.717, 1.165) is 0 Å². The van der Waals surface area contributed by atoms with Crippen molar-refractivity contribution in [3.63, 3.8) is 0 Å². The van der Waals surface area contributed by atoms with Crippen molar-refractivity contribution in [1.82, 2.24) is 0 Å². The van der Waals surface area contributed by atoms with Crippen molar-refractivity contribution in [2.24, 2.45) is 0 Å². The van der Waals surface area contributed by atoms with E-state index < -0.39 is 46.0 Å². The summed E-state index contributed by atoms with van der Waals surface area (Å²) in [5.41, 5.74) is -0.888. The summed E-state index contributed by atoms with van der Waals surface area (Å²) in [6.45, 7) is 7.14. The standard InChI is InChI=1S/C18H15F5O2/c1-8-5-6-9(18(2,3)4)10(7-8)25-17(24)11-12(19)14(21)16(23)15(22)13(11)20/h5-7H,1-4H3. The van der Waals surface area contributed by atoms with Gasteiger partial charge < -0.3 is 4.74 Å². The molecule has 0 N–H and O–H groups in total. The minimum absolute atomic E-state index is 0.0126. The third kappa shape index (κ3) is 3.50. The van der Waals surface area contributed by atoms with Gasteiger partial charge >= 0.3 is 5.97 Å². The van der Waals surface area contributed by atoms with E-state index in [1.165, 1.54) is 6.07 Å². The van der Waals surface area contributed by atoms with Crippen LogP contribution in [-0.2, 0) is 5.41 Å². The highest BCUT2D eigenvalue weighted by Gasteiger charge is 2.32. The molecule has 0 fully saturated rings. The smallest absolute Gasteiger partial charge is 0.349 e. The average Bonchev–Trinajstić information content (AvgIpc) is 2.50. The van der Waals surface area contributed by atoms with Gasteiger partial charge in [0, 0.05) is 5.56 Å². The molecule has 2 aromatic rings. The second-order valence-corrected chi connectivity index (χ2v) is 6.58. The number of carbonyl (C=O) groups is 1. The van der Waals surface area contributed by atoms with Crippen LogP contribution >= 0.6 is 0 Å². The summed E-state index contributed by atoms with van der Waals surface area (Å²) in [6, 6.07) is 4.86. The molecule has 2 rings (SSSR count). The lowest BCUT2D eigenvalue weighted by molar-refractivity contribution is 0.0718. The molecule has 0 aliphatic carbocycles. The number of aryl methyl sites for hydroxylation is 1. The number of hydrogen-bond acceptors (Lipinski definition) is 2. The molecule has 134 valence electrons. The van der Waals surface area contributed by atoms with Crippen LogP contribution in [0, 0.1) is 36.0 Å². The number of rotatable bonds is 2. The first-order valence-electron chi connectivity index (χ1n) is 7.30. The summed E-state index contributed by atoms with van der Waals surface area (Å²) in [6.07, 6.45) is 0. The molecule has 0 aromatic heterocycles. The normalized spacial score (nSPS) is 11.6. The van der Waals surface area contributed by atoms with Crippen molar-refractivity contribution in [2.45, 2.75) is 33.1 Å². The van der Waals surface area contributed by atoms with Crippen LogP contribution in [0.15, 0.2) is 18.2 Å². The van der Waals surface area contributed by atoms with E-state index in [9.17, 15) is 26.7 Å². The van der Waals surface area contributed by atoms with Crippen LogP contribution < -0.4 is 4.74 Å². The zero-order valence-corrected chi connectivity index (χ0v) is 13.9. The summed E-state index contributed by atoms with van der Waals surface area (Å²) in [5.74, 6) is -12.9. The molecule has 0 bridgehead atoms. The van der Waals surface area contributed by atoms with Gasteiger partial charge in [0.1, 0.15) is 11.3 Å². The number of halogens is 5. The van der Waals surface area contributed by atoms with Gasteiger partial charge in [0.05, 0.1) is 0 Å². The van der Waals surface area contributed by atoms with Crippen LogP contribution in [0.3, 0.4) is 0 Å². The fraction of sp³-hybridized carbons (Fsp3) is 0.278. The molecule has 2 nitrogen and oxygen atoms in total. The molecular weight excluding hydrogens is 343 g/mol. The highest BCUT2D eigenvalue weighted by atomic mass is 19.2. The molecule has 2 aromatic carbocycles. The number of carbonyl (C=O) groups excluding carboxylic acids is 1. The van der Waals surface area contributed by atoms with Gasteiger partial charge in [-0.25, -0.2) is 26.7 Å². The maximum absolute atomic E-state index is 13.7. The lowest BCUT2D eigenvalue weighted by Gasteiger charge is -2.22. The second-order valence-electron chi connectivity index (χ2n) is 6.58. The van der Waals surface area contributed by atoms with Gasteiger partial charge in [-0.2, -0.15) is 0 Å². The summed E-state index contributed by atoms with van der Waals surface area (Å²) in [4.78, 5) is 12.1. The lowest BCUT2D eigenvalue weighted by atomic mass is 9.86. The van der Waals surface area contributed by atoms with Crippen molar-refractivity contribution >= 4 is 5.97 Å². The van der Waals surface area contributed by atoms with Crippen LogP contribution in [0.1, 0.15) is 42.3 Å². The Morgan fingerprint density at radius 3 is 1.84 bits per heavy atom. The Bertz CT molecular complexity index is 825. The minimum atomic E-state index is -2.34. The highest BCUT2D eigenvalue weighted by Crippen LogP contribution is 2.33. The molecule has 0 aliphatic heterocycles. The molecule has 0 unspecified atom stereocenters. The van der Waals surface area contributed by atoms with Gasteiger partial charge in [0.25, 0.3) is 0 Å². The molecule has 0 aliphatic rings. The van der Waals surface area contributed by atoms with Crippen LogP contribution in [0.25, 0.3) is 0 Å².